The van der Waals surface area contributed by atoms with Crippen LogP contribution in [0.15, 0.2) is 66.9 Å². The molecule has 0 radical (unpaired) electrons. The Labute approximate surface area is 181 Å². The van der Waals surface area contributed by atoms with Crippen LogP contribution in [0.5, 0.6) is 5.75 Å². The molecule has 0 bridgehead atoms. The fourth-order valence-corrected chi connectivity index (χ4v) is 4.30. The Bertz CT molecular complexity index is 1060. The molecule has 1 N–H and O–H groups in total. The number of carbonyl (C=O) groups is 1. The zero-order valence-corrected chi connectivity index (χ0v) is 17.4. The molecule has 5 nitrogen and oxygen atoms in total. The van der Waals surface area contributed by atoms with E-state index in [-0.39, 0.29) is 11.6 Å². The Balaban J connectivity index is 1.54. The fourth-order valence-electron chi connectivity index (χ4n) is 4.30. The minimum Gasteiger partial charge on any atom is -0.496 e. The van der Waals surface area contributed by atoms with E-state index in [0.29, 0.717) is 30.8 Å². The predicted molar refractivity (Wildman–Crippen MR) is 116 cm³/mol. The van der Waals surface area contributed by atoms with Crippen molar-refractivity contribution >= 4 is 5.97 Å². The number of carboxylic acids is 1. The van der Waals surface area contributed by atoms with Crippen LogP contribution >= 0.6 is 0 Å². The maximum absolute atomic E-state index is 15.0. The maximum Gasteiger partial charge on any atom is 0.320 e. The van der Waals surface area contributed by atoms with E-state index in [2.05, 4.69) is 4.98 Å². The molecule has 2 atom stereocenters. The van der Waals surface area contributed by atoms with Gasteiger partial charge in [-0.05, 0) is 54.6 Å². The van der Waals surface area contributed by atoms with Gasteiger partial charge in [0, 0.05) is 18.3 Å². The number of para-hydroxylation sites is 1. The number of hydrogen-bond donors (Lipinski definition) is 1. The first kappa shape index (κ1) is 21.0. The molecule has 4 rings (SSSR count). The zero-order chi connectivity index (χ0) is 21.8. The van der Waals surface area contributed by atoms with E-state index in [1.165, 1.54) is 6.07 Å². The third-order valence-corrected chi connectivity index (χ3v) is 5.92. The van der Waals surface area contributed by atoms with Crippen LogP contribution in [-0.4, -0.2) is 40.7 Å². The second-order valence-electron chi connectivity index (χ2n) is 7.83. The SMILES string of the molecule is COc1ccccc1-c1ncc(C2CCN(Cc3ccccc3)C(C(=O)O)C2)cc1F. The van der Waals surface area contributed by atoms with Crippen molar-refractivity contribution < 1.29 is 19.0 Å². The molecule has 0 saturated carbocycles. The standard InChI is InChI=1S/C25H25FN2O3/c1-31-23-10-6-5-9-20(23)24-21(26)13-19(15-27-24)18-11-12-28(22(14-18)25(29)30)16-17-7-3-2-4-8-17/h2-10,13,15,18,22H,11-12,14,16H2,1H3,(H,29,30). The molecular weight excluding hydrogens is 395 g/mol. The molecule has 0 aliphatic carbocycles. The van der Waals surface area contributed by atoms with E-state index < -0.39 is 17.8 Å². The predicted octanol–water partition coefficient (Wildman–Crippen LogP) is 4.73. The molecule has 1 aromatic heterocycles. The van der Waals surface area contributed by atoms with Gasteiger partial charge >= 0.3 is 5.97 Å². The number of hydrogen-bond acceptors (Lipinski definition) is 4. The van der Waals surface area contributed by atoms with Gasteiger partial charge < -0.3 is 9.84 Å². The first-order valence-electron chi connectivity index (χ1n) is 10.4. The van der Waals surface area contributed by atoms with Crippen molar-refractivity contribution in [2.75, 3.05) is 13.7 Å². The van der Waals surface area contributed by atoms with Crippen LogP contribution in [0.25, 0.3) is 11.3 Å². The molecule has 0 spiro atoms. The number of aliphatic carboxylic acids is 1. The van der Waals surface area contributed by atoms with Crippen LogP contribution in [0.3, 0.4) is 0 Å². The van der Waals surface area contributed by atoms with E-state index in [1.54, 1.807) is 25.4 Å². The lowest BCUT2D eigenvalue weighted by Gasteiger charge is -2.37. The summed E-state index contributed by atoms with van der Waals surface area (Å²) in [7, 11) is 1.54. The Morgan fingerprint density at radius 3 is 2.65 bits per heavy atom. The number of piperidine rings is 1. The smallest absolute Gasteiger partial charge is 0.320 e. The number of nitrogens with zero attached hydrogens (tertiary/aromatic N) is 2. The third kappa shape index (κ3) is 4.59. The van der Waals surface area contributed by atoms with Crippen molar-refractivity contribution in [1.29, 1.82) is 0 Å². The summed E-state index contributed by atoms with van der Waals surface area (Å²) in [6.45, 7) is 1.22. The second kappa shape index (κ2) is 9.27. The average molecular weight is 420 g/mol. The van der Waals surface area contributed by atoms with Crippen molar-refractivity contribution in [2.24, 2.45) is 0 Å². The van der Waals surface area contributed by atoms with Gasteiger partial charge in [-0.3, -0.25) is 14.7 Å². The van der Waals surface area contributed by atoms with Crippen LogP contribution < -0.4 is 4.74 Å². The molecule has 1 fully saturated rings. The summed E-state index contributed by atoms with van der Waals surface area (Å²) in [5.74, 6) is -0.774. The third-order valence-electron chi connectivity index (χ3n) is 5.92. The molecule has 0 amide bonds. The lowest BCUT2D eigenvalue weighted by molar-refractivity contribution is -0.145. The number of pyridine rings is 1. The molecule has 1 aliphatic heterocycles. The van der Waals surface area contributed by atoms with Gasteiger partial charge in [0.2, 0.25) is 0 Å². The fraction of sp³-hybridized carbons (Fsp3) is 0.280. The minimum atomic E-state index is -0.847. The highest BCUT2D eigenvalue weighted by Gasteiger charge is 2.34. The van der Waals surface area contributed by atoms with Gasteiger partial charge in [0.05, 0.1) is 7.11 Å². The molecular formula is C25H25FN2O3. The minimum absolute atomic E-state index is 0.0538. The van der Waals surface area contributed by atoms with Gasteiger partial charge in [0.25, 0.3) is 0 Å². The lowest BCUT2D eigenvalue weighted by Crippen LogP contribution is -2.46. The number of carboxylic acid groups (broad SMARTS) is 1. The number of rotatable bonds is 6. The molecule has 1 saturated heterocycles. The van der Waals surface area contributed by atoms with Gasteiger partial charge in [-0.15, -0.1) is 0 Å². The number of ether oxygens (including phenoxy) is 1. The zero-order valence-electron chi connectivity index (χ0n) is 17.4. The number of likely N-dealkylation sites (tertiary alicyclic amines) is 1. The molecule has 2 aromatic carbocycles. The van der Waals surface area contributed by atoms with Crippen molar-refractivity contribution in [3.63, 3.8) is 0 Å². The summed E-state index contributed by atoms with van der Waals surface area (Å²) >= 11 is 0. The Hall–Kier alpha value is -3.25. The molecule has 31 heavy (non-hydrogen) atoms. The van der Waals surface area contributed by atoms with Gasteiger partial charge in [0.15, 0.2) is 0 Å². The second-order valence-corrected chi connectivity index (χ2v) is 7.83. The average Bonchev–Trinajstić information content (AvgIpc) is 2.80. The van der Waals surface area contributed by atoms with Gasteiger partial charge in [-0.2, -0.15) is 0 Å². The van der Waals surface area contributed by atoms with Crippen LogP contribution in [0.1, 0.15) is 29.9 Å². The van der Waals surface area contributed by atoms with E-state index in [0.717, 1.165) is 17.5 Å². The largest absolute Gasteiger partial charge is 0.496 e. The van der Waals surface area contributed by atoms with E-state index in [9.17, 15) is 14.3 Å². The van der Waals surface area contributed by atoms with Crippen molar-refractivity contribution in [3.8, 4) is 17.0 Å². The first-order chi connectivity index (χ1) is 15.1. The van der Waals surface area contributed by atoms with Gasteiger partial charge in [-0.25, -0.2) is 4.39 Å². The molecule has 1 aliphatic rings. The van der Waals surface area contributed by atoms with Gasteiger partial charge in [-0.1, -0.05) is 42.5 Å². The van der Waals surface area contributed by atoms with Crippen molar-refractivity contribution in [3.05, 3.63) is 83.8 Å². The topological polar surface area (TPSA) is 62.7 Å². The normalized spacial score (nSPS) is 19.2. The molecule has 160 valence electrons. The molecule has 6 heteroatoms. The number of methoxy groups -OCH3 is 1. The first-order valence-corrected chi connectivity index (χ1v) is 10.4. The van der Waals surface area contributed by atoms with Crippen molar-refractivity contribution in [2.45, 2.75) is 31.3 Å². The molecule has 2 unspecified atom stereocenters. The van der Waals surface area contributed by atoms with Crippen LogP contribution in [-0.2, 0) is 11.3 Å². The molecule has 2 heterocycles. The van der Waals surface area contributed by atoms with Gasteiger partial charge in [0.1, 0.15) is 23.3 Å². The lowest BCUT2D eigenvalue weighted by atomic mass is 9.85. The van der Waals surface area contributed by atoms with Crippen LogP contribution in [0.2, 0.25) is 0 Å². The number of benzene rings is 2. The highest BCUT2D eigenvalue weighted by molar-refractivity contribution is 5.74. The van der Waals surface area contributed by atoms with Crippen LogP contribution in [0, 0.1) is 5.82 Å². The monoisotopic (exact) mass is 420 g/mol. The van der Waals surface area contributed by atoms with Crippen LogP contribution in [0.4, 0.5) is 4.39 Å². The number of aromatic nitrogens is 1. The van der Waals surface area contributed by atoms with Crippen molar-refractivity contribution in [1.82, 2.24) is 9.88 Å². The Kier molecular flexibility index (Phi) is 6.28. The highest BCUT2D eigenvalue weighted by Crippen LogP contribution is 2.35. The van der Waals surface area contributed by atoms with E-state index >= 15 is 0 Å². The number of halogens is 1. The quantitative estimate of drug-likeness (QED) is 0.625. The summed E-state index contributed by atoms with van der Waals surface area (Å²) in [6.07, 6.45) is 2.85. The Morgan fingerprint density at radius 2 is 1.94 bits per heavy atom. The Morgan fingerprint density at radius 1 is 1.19 bits per heavy atom. The summed E-state index contributed by atoms with van der Waals surface area (Å²) in [5, 5.41) is 9.81. The van der Waals surface area contributed by atoms with E-state index in [4.69, 9.17) is 4.74 Å². The summed E-state index contributed by atoms with van der Waals surface area (Å²) < 4.78 is 20.3. The summed E-state index contributed by atoms with van der Waals surface area (Å²) in [6, 6.07) is 17.9. The summed E-state index contributed by atoms with van der Waals surface area (Å²) in [4.78, 5) is 18.3. The van der Waals surface area contributed by atoms with E-state index in [1.807, 2.05) is 47.4 Å². The molecule has 3 aromatic rings. The maximum atomic E-state index is 15.0. The summed E-state index contributed by atoms with van der Waals surface area (Å²) in [5.41, 5.74) is 2.65. The highest BCUT2D eigenvalue weighted by atomic mass is 19.1.